The van der Waals surface area contributed by atoms with Crippen LogP contribution in [0.25, 0.3) is 0 Å². The zero-order chi connectivity index (χ0) is 13.2. The second-order valence-corrected chi connectivity index (χ2v) is 6.06. The molecule has 3 nitrogen and oxygen atoms in total. The molecule has 17 heavy (non-hydrogen) atoms. The van der Waals surface area contributed by atoms with E-state index in [1.165, 1.54) is 0 Å². The van der Waals surface area contributed by atoms with Gasteiger partial charge in [-0.15, -0.1) is 0 Å². The molecule has 0 atom stereocenters. The van der Waals surface area contributed by atoms with Crippen molar-refractivity contribution in [1.29, 1.82) is 0 Å². The molecule has 0 saturated carbocycles. The Morgan fingerprint density at radius 3 is 2.29 bits per heavy atom. The Morgan fingerprint density at radius 2 is 1.88 bits per heavy atom. The molecule has 0 aliphatic carbocycles. The Hall–Kier alpha value is -0.990. The summed E-state index contributed by atoms with van der Waals surface area (Å²) in [6.45, 7) is 13.5. The minimum Gasteiger partial charge on any atom is -0.504 e. The number of hydrogen-bond acceptors (Lipinski definition) is 2. The van der Waals surface area contributed by atoms with Crippen LogP contribution in [-0.4, -0.2) is 14.9 Å². The van der Waals surface area contributed by atoms with Crippen molar-refractivity contribution in [2.45, 2.75) is 72.3 Å². The van der Waals surface area contributed by atoms with Gasteiger partial charge in [0.15, 0.2) is 5.75 Å². The van der Waals surface area contributed by atoms with Gasteiger partial charge in [-0.3, -0.25) is 4.68 Å². The molecule has 98 valence electrons. The van der Waals surface area contributed by atoms with E-state index in [0.29, 0.717) is 11.7 Å². The monoisotopic (exact) mass is 238 g/mol. The molecule has 1 N–H and O–H groups in total. The quantitative estimate of drug-likeness (QED) is 0.866. The zero-order valence-electron chi connectivity index (χ0n) is 12.0. The lowest BCUT2D eigenvalue weighted by Gasteiger charge is -2.15. The molecular weight excluding hydrogens is 212 g/mol. The molecule has 0 fully saturated rings. The lowest BCUT2D eigenvalue weighted by atomic mass is 9.91. The van der Waals surface area contributed by atoms with E-state index in [4.69, 9.17) is 0 Å². The van der Waals surface area contributed by atoms with Crippen LogP contribution in [0, 0.1) is 0 Å². The fourth-order valence-electron chi connectivity index (χ4n) is 2.02. The molecule has 1 heterocycles. The Labute approximate surface area is 105 Å². The molecule has 0 unspecified atom stereocenters. The van der Waals surface area contributed by atoms with Crippen LogP contribution in [0.4, 0.5) is 0 Å². The number of unbranched alkanes of at least 4 members (excludes halogenated alkanes) is 1. The maximum atomic E-state index is 10.3. The first-order valence-electron chi connectivity index (χ1n) is 6.59. The Balaban J connectivity index is 3.20. The van der Waals surface area contributed by atoms with Crippen molar-refractivity contribution in [2.24, 2.45) is 0 Å². The topological polar surface area (TPSA) is 38.0 Å². The van der Waals surface area contributed by atoms with E-state index >= 15 is 0 Å². The van der Waals surface area contributed by atoms with Crippen molar-refractivity contribution < 1.29 is 5.11 Å². The third-order valence-electron chi connectivity index (χ3n) is 2.95. The van der Waals surface area contributed by atoms with Gasteiger partial charge in [0.05, 0.1) is 5.69 Å². The number of aromatic hydroxyl groups is 1. The maximum Gasteiger partial charge on any atom is 0.160 e. The van der Waals surface area contributed by atoms with E-state index in [1.807, 2.05) is 4.68 Å². The van der Waals surface area contributed by atoms with E-state index in [2.05, 4.69) is 46.6 Å². The second-order valence-electron chi connectivity index (χ2n) is 6.06. The highest BCUT2D eigenvalue weighted by Crippen LogP contribution is 2.36. The van der Waals surface area contributed by atoms with Crippen molar-refractivity contribution in [1.82, 2.24) is 9.78 Å². The van der Waals surface area contributed by atoms with Gasteiger partial charge in [0.1, 0.15) is 5.69 Å². The first kappa shape index (κ1) is 14.1. The van der Waals surface area contributed by atoms with Gasteiger partial charge in [-0.05, 0) is 12.3 Å². The number of aromatic nitrogens is 2. The van der Waals surface area contributed by atoms with Gasteiger partial charge in [-0.1, -0.05) is 48.0 Å². The summed E-state index contributed by atoms with van der Waals surface area (Å²) >= 11 is 0. The summed E-state index contributed by atoms with van der Waals surface area (Å²) in [6.07, 6.45) is 2.24. The molecule has 0 bridgehead atoms. The summed E-state index contributed by atoms with van der Waals surface area (Å²) in [4.78, 5) is 0. The van der Waals surface area contributed by atoms with E-state index < -0.39 is 0 Å². The smallest absolute Gasteiger partial charge is 0.160 e. The maximum absolute atomic E-state index is 10.3. The van der Waals surface area contributed by atoms with Gasteiger partial charge in [0.2, 0.25) is 0 Å². The third-order valence-corrected chi connectivity index (χ3v) is 2.95. The number of rotatable bonds is 4. The molecule has 3 heteroatoms. The highest BCUT2D eigenvalue weighted by atomic mass is 16.3. The van der Waals surface area contributed by atoms with Crippen LogP contribution >= 0.6 is 0 Å². The molecule has 0 saturated heterocycles. The van der Waals surface area contributed by atoms with Gasteiger partial charge in [-0.25, -0.2) is 0 Å². The third kappa shape index (κ3) is 3.02. The minimum atomic E-state index is -0.106. The Kier molecular flexibility index (Phi) is 4.23. The van der Waals surface area contributed by atoms with E-state index in [9.17, 15) is 5.11 Å². The molecular formula is C14H26N2O. The predicted molar refractivity (Wildman–Crippen MR) is 71.6 cm³/mol. The molecule has 0 aliphatic heterocycles. The minimum absolute atomic E-state index is 0.106. The summed E-state index contributed by atoms with van der Waals surface area (Å²) in [5, 5.41) is 14.9. The average Bonchev–Trinajstić information content (AvgIpc) is 2.51. The van der Waals surface area contributed by atoms with Crippen LogP contribution < -0.4 is 0 Å². The van der Waals surface area contributed by atoms with Crippen molar-refractivity contribution in [2.75, 3.05) is 0 Å². The summed E-state index contributed by atoms with van der Waals surface area (Å²) in [6, 6.07) is 0. The standard InChI is InChI=1S/C14H26N2O/c1-7-8-9-16-11(10(2)3)12(17)13(15-16)14(4,5)6/h10,17H,7-9H2,1-6H3. The molecule has 1 aromatic rings. The number of hydrogen-bond donors (Lipinski definition) is 1. The van der Waals surface area contributed by atoms with Gasteiger partial charge < -0.3 is 5.11 Å². The molecule has 0 spiro atoms. The van der Waals surface area contributed by atoms with Gasteiger partial charge in [-0.2, -0.15) is 5.10 Å². The summed E-state index contributed by atoms with van der Waals surface area (Å²) in [7, 11) is 0. The summed E-state index contributed by atoms with van der Waals surface area (Å²) in [5.41, 5.74) is 1.69. The number of aryl methyl sites for hydroxylation is 1. The fourth-order valence-corrected chi connectivity index (χ4v) is 2.02. The normalized spacial score (nSPS) is 12.4. The van der Waals surface area contributed by atoms with Crippen molar-refractivity contribution in [3.63, 3.8) is 0 Å². The largest absolute Gasteiger partial charge is 0.504 e. The Bertz CT molecular complexity index is 372. The van der Waals surface area contributed by atoms with Gasteiger partial charge in [0, 0.05) is 12.0 Å². The lowest BCUT2D eigenvalue weighted by molar-refractivity contribution is 0.436. The fraction of sp³-hybridized carbons (Fsp3) is 0.786. The molecule has 1 aromatic heterocycles. The van der Waals surface area contributed by atoms with Crippen LogP contribution in [0.1, 0.15) is 71.7 Å². The second kappa shape index (κ2) is 5.11. The highest BCUT2D eigenvalue weighted by molar-refractivity contribution is 5.38. The predicted octanol–water partition coefficient (Wildman–Crippen LogP) is 3.81. The van der Waals surface area contributed by atoms with E-state index in [1.54, 1.807) is 0 Å². The summed E-state index contributed by atoms with van der Waals surface area (Å²) in [5.74, 6) is 0.694. The van der Waals surface area contributed by atoms with Crippen LogP contribution in [0.3, 0.4) is 0 Å². The van der Waals surface area contributed by atoms with E-state index in [-0.39, 0.29) is 5.41 Å². The summed E-state index contributed by atoms with van der Waals surface area (Å²) < 4.78 is 1.99. The van der Waals surface area contributed by atoms with Gasteiger partial charge in [0.25, 0.3) is 0 Å². The molecule has 0 aromatic carbocycles. The zero-order valence-corrected chi connectivity index (χ0v) is 12.0. The van der Waals surface area contributed by atoms with Crippen LogP contribution in [-0.2, 0) is 12.0 Å². The Morgan fingerprint density at radius 1 is 1.29 bits per heavy atom. The van der Waals surface area contributed by atoms with Crippen molar-refractivity contribution in [3.05, 3.63) is 11.4 Å². The van der Waals surface area contributed by atoms with Gasteiger partial charge >= 0.3 is 0 Å². The average molecular weight is 238 g/mol. The molecule has 0 radical (unpaired) electrons. The highest BCUT2D eigenvalue weighted by Gasteiger charge is 2.27. The lowest BCUT2D eigenvalue weighted by Crippen LogP contribution is -2.13. The van der Waals surface area contributed by atoms with Crippen molar-refractivity contribution >= 4 is 0 Å². The van der Waals surface area contributed by atoms with Crippen LogP contribution in [0.2, 0.25) is 0 Å². The molecule has 0 amide bonds. The first-order chi connectivity index (χ1) is 7.79. The van der Waals surface area contributed by atoms with Crippen LogP contribution in [0.5, 0.6) is 5.75 Å². The van der Waals surface area contributed by atoms with Crippen molar-refractivity contribution in [3.8, 4) is 5.75 Å². The number of nitrogens with zero attached hydrogens (tertiary/aromatic N) is 2. The molecule has 0 aliphatic rings. The van der Waals surface area contributed by atoms with E-state index in [0.717, 1.165) is 30.8 Å². The first-order valence-corrected chi connectivity index (χ1v) is 6.59. The van der Waals surface area contributed by atoms with Crippen LogP contribution in [0.15, 0.2) is 0 Å². The SMILES string of the molecule is CCCCn1nc(C(C)(C)C)c(O)c1C(C)C. The molecule has 1 rings (SSSR count).